The van der Waals surface area contributed by atoms with Crippen molar-refractivity contribution in [2.45, 2.75) is 152 Å². The number of carbonyl (C=O) groups excluding carboxylic acids is 1. The maximum absolute atomic E-state index is 11.0. The number of aromatic nitrogens is 2. The van der Waals surface area contributed by atoms with Crippen molar-refractivity contribution >= 4 is 6.41 Å². The molecule has 5 fully saturated rings. The average molecular weight is 779 g/mol. The molecule has 0 saturated heterocycles. The van der Waals surface area contributed by atoms with Crippen LogP contribution < -0.4 is 5.73 Å². The number of benzene rings is 2. The van der Waals surface area contributed by atoms with E-state index in [2.05, 4.69) is 75.5 Å². The van der Waals surface area contributed by atoms with Crippen molar-refractivity contribution in [2.24, 2.45) is 57.0 Å². The van der Waals surface area contributed by atoms with Crippen molar-refractivity contribution in [1.29, 1.82) is 5.26 Å². The maximum Gasteiger partial charge on any atom is 0.231 e. The van der Waals surface area contributed by atoms with Gasteiger partial charge in [0, 0.05) is 5.56 Å². The van der Waals surface area contributed by atoms with Crippen LogP contribution >= 0.6 is 0 Å². The van der Waals surface area contributed by atoms with E-state index in [-0.39, 0.29) is 17.9 Å². The summed E-state index contributed by atoms with van der Waals surface area (Å²) in [6, 6.07) is 18.7. The first kappa shape index (κ1) is 45.9. The monoisotopic (exact) mass is 779 g/mol. The molecule has 9 unspecified atom stereocenters. The number of hydrogen-bond donors (Lipinski definition) is 2. The minimum atomic E-state index is -0.149. The highest BCUT2D eigenvalue weighted by molar-refractivity contribution is 5.55. The molecule has 0 radical (unpaired) electrons. The smallest absolute Gasteiger partial charge is 0.231 e. The maximum atomic E-state index is 11.0. The fourth-order valence-corrected chi connectivity index (χ4v) is 13.2. The second-order valence-electron chi connectivity index (χ2n) is 18.2. The molecule has 0 spiro atoms. The summed E-state index contributed by atoms with van der Waals surface area (Å²) in [5, 5.41) is 24.5. The summed E-state index contributed by atoms with van der Waals surface area (Å²) in [6.07, 6.45) is 18.1. The molecule has 5 aliphatic carbocycles. The van der Waals surface area contributed by atoms with E-state index < -0.39 is 0 Å². The number of aliphatic hydroxyl groups excluding tert-OH is 1. The van der Waals surface area contributed by atoms with Gasteiger partial charge in [0.05, 0.1) is 24.2 Å². The number of aliphatic hydroxyl groups is 1. The molecule has 5 aliphatic rings. The summed E-state index contributed by atoms with van der Waals surface area (Å²) in [7, 11) is 0. The van der Waals surface area contributed by atoms with Crippen LogP contribution in [0.2, 0.25) is 0 Å². The molecule has 7 nitrogen and oxygen atoms in total. The molecule has 5 saturated carbocycles. The molecule has 312 valence electrons. The number of rotatable bonds is 5. The number of nitriles is 1. The number of fused-ring (bicyclic) bond motifs is 7. The van der Waals surface area contributed by atoms with Gasteiger partial charge in [-0.2, -0.15) is 10.2 Å². The van der Waals surface area contributed by atoms with E-state index >= 15 is 0 Å². The first-order chi connectivity index (χ1) is 27.4. The van der Waals surface area contributed by atoms with Crippen LogP contribution in [0.5, 0.6) is 0 Å². The van der Waals surface area contributed by atoms with Crippen molar-refractivity contribution < 1.29 is 14.4 Å². The number of amides is 1. The quantitative estimate of drug-likeness (QED) is 0.196. The van der Waals surface area contributed by atoms with Gasteiger partial charge in [0.25, 0.3) is 0 Å². The highest BCUT2D eigenvalue weighted by Crippen LogP contribution is 2.73. The Balaban J connectivity index is 0.000000661. The van der Waals surface area contributed by atoms with Crippen LogP contribution in [-0.2, 0) is 17.6 Å². The zero-order valence-corrected chi connectivity index (χ0v) is 36.8. The molecule has 1 aromatic heterocycles. The highest BCUT2D eigenvalue weighted by Gasteiger charge is 2.66. The molecule has 8 rings (SSSR count). The number of allylic oxidation sites excluding steroid dienone is 1. The molecular weight excluding hydrogens is 705 g/mol. The van der Waals surface area contributed by atoms with Gasteiger partial charge in [-0.25, -0.2) is 0 Å². The number of nitrogens with zero attached hydrogens (tertiary/aromatic N) is 3. The van der Waals surface area contributed by atoms with Crippen molar-refractivity contribution in [1.82, 2.24) is 10.1 Å². The molecule has 3 N–H and O–H groups in total. The molecule has 57 heavy (non-hydrogen) atoms. The Morgan fingerprint density at radius 2 is 1.54 bits per heavy atom. The minimum absolute atomic E-state index is 0.0287. The van der Waals surface area contributed by atoms with Gasteiger partial charge in [-0.05, 0) is 158 Å². The predicted molar refractivity (Wildman–Crippen MR) is 233 cm³/mol. The molecule has 0 aliphatic heterocycles. The van der Waals surface area contributed by atoms with E-state index in [0.717, 1.165) is 47.6 Å². The van der Waals surface area contributed by atoms with Crippen LogP contribution in [0.15, 0.2) is 65.7 Å². The Labute approximate surface area is 345 Å². The lowest BCUT2D eigenvalue weighted by Gasteiger charge is -2.69. The van der Waals surface area contributed by atoms with Crippen molar-refractivity contribution in [3.63, 3.8) is 0 Å². The zero-order valence-electron chi connectivity index (χ0n) is 36.8. The summed E-state index contributed by atoms with van der Waals surface area (Å²) in [5.74, 6) is 5.24. The van der Waals surface area contributed by atoms with Gasteiger partial charge >= 0.3 is 0 Å². The standard InChI is InChI=1S/C42H53N3O2.C3H6.2C2H6.CH3NO/c1-39(2)34-17-20-40(3)32-16-22-42(19-6-9-33(42)31(32)14-15-35(40)41(34,4)21-18-36(39)46)25-29-7-5-8-30(23-29)38-44-37(47-45-38)24-27-10-12-28(26-43)13-11-27;1-3-2;2*1-2;2-1-3/h5,7-8,10-13,23,31-36,46H,6,9,14-22,24-25H2,1-4H3;3H,1H2,2H3;2*1-2H3;1H,(H2,2,3). The molecule has 1 amide bonds. The van der Waals surface area contributed by atoms with Crippen molar-refractivity contribution in [3.8, 4) is 17.5 Å². The van der Waals surface area contributed by atoms with E-state index in [1.54, 1.807) is 6.08 Å². The lowest BCUT2D eigenvalue weighted by Crippen LogP contribution is -2.63. The number of hydrogen-bond acceptors (Lipinski definition) is 6. The highest BCUT2D eigenvalue weighted by atomic mass is 16.5. The Bertz CT molecular complexity index is 1770. The van der Waals surface area contributed by atoms with Crippen molar-refractivity contribution in [2.75, 3.05) is 0 Å². The summed E-state index contributed by atoms with van der Waals surface area (Å²) < 4.78 is 5.67. The van der Waals surface area contributed by atoms with E-state index in [1.807, 2.05) is 58.9 Å². The Kier molecular flexibility index (Phi) is 16.0. The second-order valence-corrected chi connectivity index (χ2v) is 18.2. The second kappa shape index (κ2) is 19.8. The molecular formula is C50H74N4O3. The first-order valence-corrected chi connectivity index (χ1v) is 22.2. The molecule has 3 aromatic rings. The Morgan fingerprint density at radius 3 is 2.21 bits per heavy atom. The fraction of sp³-hybridized carbons (Fsp3) is 0.640. The zero-order chi connectivity index (χ0) is 42.0. The SMILES string of the molecule is C=CC.CC.CC.CC1(C)C(O)CCC2(C)C1CCC1(C)C3CCC4(Cc5cccc(-c6noc(Cc7ccc(C#N)cc7)n6)c5)CCCC4C3CCC12.NC=O. The van der Waals surface area contributed by atoms with Crippen molar-refractivity contribution in [3.05, 3.63) is 83.8 Å². The summed E-state index contributed by atoms with van der Waals surface area (Å²) in [5.41, 5.74) is 9.58. The van der Waals surface area contributed by atoms with E-state index in [4.69, 9.17) is 19.6 Å². The lowest BCUT2D eigenvalue weighted by molar-refractivity contribution is -0.214. The third-order valence-corrected chi connectivity index (χ3v) is 15.3. The number of carbonyl (C=O) groups is 1. The Morgan fingerprint density at radius 1 is 0.877 bits per heavy atom. The van der Waals surface area contributed by atoms with Crippen LogP contribution in [0.25, 0.3) is 11.4 Å². The molecule has 9 atom stereocenters. The minimum Gasteiger partial charge on any atom is -0.393 e. The first-order valence-electron chi connectivity index (χ1n) is 22.2. The van der Waals surface area contributed by atoms with Gasteiger partial charge in [0.2, 0.25) is 18.1 Å². The molecule has 0 bridgehead atoms. The largest absolute Gasteiger partial charge is 0.393 e. The van der Waals surface area contributed by atoms with Gasteiger partial charge in [-0.15, -0.1) is 6.58 Å². The average Bonchev–Trinajstić information content (AvgIpc) is 3.87. The van der Waals surface area contributed by atoms with Crippen LogP contribution in [0, 0.1) is 62.6 Å². The number of nitrogens with two attached hydrogens (primary N) is 1. The summed E-state index contributed by atoms with van der Waals surface area (Å²) >= 11 is 0. The van der Waals surface area contributed by atoms with Gasteiger partial charge < -0.3 is 15.4 Å². The fourth-order valence-electron chi connectivity index (χ4n) is 13.2. The topological polar surface area (TPSA) is 126 Å². The normalized spacial score (nSPS) is 32.6. The van der Waals surface area contributed by atoms with E-state index in [0.29, 0.717) is 45.9 Å². The third-order valence-electron chi connectivity index (χ3n) is 15.3. The van der Waals surface area contributed by atoms with Gasteiger partial charge in [0.1, 0.15) is 0 Å². The molecule has 2 aromatic carbocycles. The summed E-state index contributed by atoms with van der Waals surface area (Å²) in [6.45, 7) is 23.3. The van der Waals surface area contributed by atoms with Crippen LogP contribution in [0.3, 0.4) is 0 Å². The number of primary amides is 1. The van der Waals surface area contributed by atoms with Crippen LogP contribution in [-0.4, -0.2) is 27.8 Å². The van der Waals surface area contributed by atoms with E-state index in [9.17, 15) is 5.11 Å². The Hall–Kier alpha value is -3.76. The van der Waals surface area contributed by atoms with Gasteiger partial charge in [0.15, 0.2) is 0 Å². The predicted octanol–water partition coefficient (Wildman–Crippen LogP) is 11.9. The van der Waals surface area contributed by atoms with Gasteiger partial charge in [-0.3, -0.25) is 4.79 Å². The van der Waals surface area contributed by atoms with Gasteiger partial charge in [-0.1, -0.05) is 103 Å². The lowest BCUT2D eigenvalue weighted by atomic mass is 9.36. The summed E-state index contributed by atoms with van der Waals surface area (Å²) in [4.78, 5) is 13.3. The molecule has 1 heterocycles. The third kappa shape index (κ3) is 9.12. The van der Waals surface area contributed by atoms with Crippen LogP contribution in [0.1, 0.15) is 156 Å². The molecule has 7 heteroatoms. The van der Waals surface area contributed by atoms with E-state index in [1.165, 1.54) is 69.8 Å². The van der Waals surface area contributed by atoms with Crippen LogP contribution in [0.4, 0.5) is 0 Å².